The fourth-order valence-electron chi connectivity index (χ4n) is 3.48. The second kappa shape index (κ2) is 10.4. The molecule has 1 aliphatic carbocycles. The van der Waals surface area contributed by atoms with Gasteiger partial charge in [-0.3, -0.25) is 4.79 Å². The van der Waals surface area contributed by atoms with E-state index in [1.807, 2.05) is 0 Å². The third-order valence-electron chi connectivity index (χ3n) is 5.23. The Morgan fingerprint density at radius 3 is 2.53 bits per heavy atom. The molecule has 1 aliphatic heterocycles. The maximum Gasteiger partial charge on any atom is 0.334 e. The summed E-state index contributed by atoms with van der Waals surface area (Å²) >= 11 is 0. The molecule has 0 aromatic carbocycles. The molecule has 4 atom stereocenters. The van der Waals surface area contributed by atoms with E-state index in [9.17, 15) is 24.6 Å². The molecule has 2 aliphatic rings. The molecule has 1 saturated heterocycles. The molecule has 8 heteroatoms. The van der Waals surface area contributed by atoms with Crippen molar-refractivity contribution in [2.24, 2.45) is 5.92 Å². The number of aliphatic hydroxyl groups excluding tert-OH is 2. The molecule has 1 fully saturated rings. The van der Waals surface area contributed by atoms with Gasteiger partial charge >= 0.3 is 17.9 Å². The maximum atomic E-state index is 12.6. The topological polar surface area (TPSA) is 119 Å². The number of aliphatic hydroxyl groups is 2. The summed E-state index contributed by atoms with van der Waals surface area (Å²) in [5.41, 5.74) is 1.33. The fraction of sp³-hybridized carbons (Fsp3) is 0.500. The van der Waals surface area contributed by atoms with E-state index >= 15 is 0 Å². The zero-order chi connectivity index (χ0) is 22.4. The van der Waals surface area contributed by atoms with Gasteiger partial charge in [0.05, 0.1) is 19.1 Å². The largest absolute Gasteiger partial charge is 0.454 e. The van der Waals surface area contributed by atoms with Gasteiger partial charge in [-0.2, -0.15) is 0 Å². The van der Waals surface area contributed by atoms with Crippen molar-refractivity contribution in [3.63, 3.8) is 0 Å². The molecule has 1 heterocycles. The van der Waals surface area contributed by atoms with E-state index in [1.54, 1.807) is 32.1 Å². The molecular weight excluding hydrogens is 392 g/mol. The first-order chi connectivity index (χ1) is 14.2. The molecule has 164 valence electrons. The summed E-state index contributed by atoms with van der Waals surface area (Å²) in [5, 5.41) is 19.6. The van der Waals surface area contributed by atoms with Gasteiger partial charge in [0, 0.05) is 18.1 Å². The van der Waals surface area contributed by atoms with Crippen LogP contribution in [0.4, 0.5) is 0 Å². The van der Waals surface area contributed by atoms with Crippen LogP contribution >= 0.6 is 0 Å². The third-order valence-corrected chi connectivity index (χ3v) is 5.23. The number of carbonyl (C=O) groups is 3. The summed E-state index contributed by atoms with van der Waals surface area (Å²) in [7, 11) is 0. The van der Waals surface area contributed by atoms with Crippen LogP contribution in [-0.4, -0.2) is 59.6 Å². The first-order valence-electron chi connectivity index (χ1n) is 9.74. The highest BCUT2D eigenvalue weighted by Crippen LogP contribution is 2.37. The van der Waals surface area contributed by atoms with E-state index in [2.05, 4.69) is 6.58 Å². The van der Waals surface area contributed by atoms with Crippen LogP contribution in [-0.2, 0) is 28.6 Å². The van der Waals surface area contributed by atoms with Crippen molar-refractivity contribution in [3.8, 4) is 0 Å². The number of esters is 3. The molecule has 0 unspecified atom stereocenters. The van der Waals surface area contributed by atoms with Gasteiger partial charge in [0.25, 0.3) is 0 Å². The minimum absolute atomic E-state index is 0.0551. The molecule has 30 heavy (non-hydrogen) atoms. The summed E-state index contributed by atoms with van der Waals surface area (Å²) in [5.74, 6) is -2.84. The Bertz CT molecular complexity index is 804. The third kappa shape index (κ3) is 5.25. The van der Waals surface area contributed by atoms with Gasteiger partial charge in [-0.15, -0.1) is 0 Å². The van der Waals surface area contributed by atoms with Gasteiger partial charge in [0.15, 0.2) is 12.2 Å². The maximum absolute atomic E-state index is 12.6. The summed E-state index contributed by atoms with van der Waals surface area (Å²) in [6, 6.07) is 0. The van der Waals surface area contributed by atoms with Crippen LogP contribution in [0.25, 0.3) is 0 Å². The lowest BCUT2D eigenvalue weighted by atomic mass is 9.83. The molecular formula is C22H28O8. The van der Waals surface area contributed by atoms with E-state index in [0.717, 1.165) is 0 Å². The van der Waals surface area contributed by atoms with Crippen molar-refractivity contribution in [2.75, 3.05) is 13.2 Å². The number of ether oxygens (including phenoxy) is 3. The number of hydrogen-bond donors (Lipinski definition) is 2. The quantitative estimate of drug-likeness (QED) is 0.297. The predicted octanol–water partition coefficient (Wildman–Crippen LogP) is 1.53. The molecule has 0 aromatic heterocycles. The van der Waals surface area contributed by atoms with Crippen LogP contribution in [0, 0.1) is 5.92 Å². The monoisotopic (exact) mass is 420 g/mol. The minimum Gasteiger partial charge on any atom is -0.454 e. The Balaban J connectivity index is 2.64. The van der Waals surface area contributed by atoms with Crippen LogP contribution in [0.5, 0.6) is 0 Å². The van der Waals surface area contributed by atoms with Gasteiger partial charge in [-0.05, 0) is 43.9 Å². The lowest BCUT2D eigenvalue weighted by Crippen LogP contribution is -2.45. The summed E-state index contributed by atoms with van der Waals surface area (Å²) < 4.78 is 16.6. The summed E-state index contributed by atoms with van der Waals surface area (Å²) in [6.07, 6.45) is 2.57. The molecule has 0 bridgehead atoms. The van der Waals surface area contributed by atoms with Crippen molar-refractivity contribution in [3.05, 3.63) is 47.1 Å². The van der Waals surface area contributed by atoms with Crippen LogP contribution in [0.3, 0.4) is 0 Å². The van der Waals surface area contributed by atoms with Gasteiger partial charge in [0.2, 0.25) is 0 Å². The highest BCUT2D eigenvalue weighted by atomic mass is 16.6. The van der Waals surface area contributed by atoms with E-state index in [4.69, 9.17) is 14.2 Å². The van der Waals surface area contributed by atoms with E-state index in [1.165, 1.54) is 6.92 Å². The average Bonchev–Trinajstić information content (AvgIpc) is 2.99. The number of carbonyl (C=O) groups excluding carboxylic acids is 3. The van der Waals surface area contributed by atoms with Crippen molar-refractivity contribution in [1.29, 1.82) is 0 Å². The molecule has 0 spiro atoms. The van der Waals surface area contributed by atoms with Crippen molar-refractivity contribution >= 4 is 17.9 Å². The van der Waals surface area contributed by atoms with Crippen LogP contribution in [0.15, 0.2) is 47.1 Å². The van der Waals surface area contributed by atoms with Crippen LogP contribution in [0.1, 0.15) is 33.6 Å². The Morgan fingerprint density at radius 2 is 1.97 bits per heavy atom. The molecule has 0 saturated carbocycles. The SMILES string of the molecule is C=C1C(=O)O[C@@H]2/C=C(\CO)CC/C=C(\CO)[C@H](OC(C)=O)[C@@H](OC(=O)/C(C)=C/C)[C@@H]12. The normalized spacial score (nSPS) is 30.9. The molecule has 0 radical (unpaired) electrons. The van der Waals surface area contributed by atoms with Gasteiger partial charge in [-0.1, -0.05) is 18.7 Å². The Hall–Kier alpha value is -2.71. The van der Waals surface area contributed by atoms with Crippen molar-refractivity contribution < 1.29 is 38.8 Å². The lowest BCUT2D eigenvalue weighted by Gasteiger charge is -2.33. The van der Waals surface area contributed by atoms with Gasteiger partial charge < -0.3 is 24.4 Å². The number of fused-ring (bicyclic) bond motifs is 1. The fourth-order valence-corrected chi connectivity index (χ4v) is 3.48. The van der Waals surface area contributed by atoms with Crippen LogP contribution < -0.4 is 0 Å². The van der Waals surface area contributed by atoms with Gasteiger partial charge in [0.1, 0.15) is 6.10 Å². The molecule has 0 amide bonds. The zero-order valence-corrected chi connectivity index (χ0v) is 17.4. The van der Waals surface area contributed by atoms with E-state index in [0.29, 0.717) is 29.6 Å². The smallest absolute Gasteiger partial charge is 0.334 e. The minimum atomic E-state index is -1.17. The molecule has 8 nitrogen and oxygen atoms in total. The zero-order valence-electron chi connectivity index (χ0n) is 17.4. The number of allylic oxidation sites excluding steroid dienone is 2. The first-order valence-corrected chi connectivity index (χ1v) is 9.74. The van der Waals surface area contributed by atoms with Crippen LogP contribution in [0.2, 0.25) is 0 Å². The Labute approximate surface area is 175 Å². The van der Waals surface area contributed by atoms with Gasteiger partial charge in [-0.25, -0.2) is 9.59 Å². The summed E-state index contributed by atoms with van der Waals surface area (Å²) in [4.78, 5) is 36.7. The lowest BCUT2D eigenvalue weighted by molar-refractivity contribution is -0.166. The first kappa shape index (κ1) is 23.6. The Morgan fingerprint density at radius 1 is 1.27 bits per heavy atom. The predicted molar refractivity (Wildman–Crippen MR) is 107 cm³/mol. The van der Waals surface area contributed by atoms with E-state index in [-0.39, 0.29) is 12.2 Å². The number of hydrogen-bond acceptors (Lipinski definition) is 8. The van der Waals surface area contributed by atoms with E-state index < -0.39 is 48.7 Å². The second-order valence-corrected chi connectivity index (χ2v) is 7.25. The van der Waals surface area contributed by atoms with Crippen molar-refractivity contribution in [1.82, 2.24) is 0 Å². The molecule has 2 N–H and O–H groups in total. The Kier molecular flexibility index (Phi) is 8.14. The number of rotatable bonds is 5. The highest BCUT2D eigenvalue weighted by Gasteiger charge is 2.49. The molecule has 0 aromatic rings. The highest BCUT2D eigenvalue weighted by molar-refractivity contribution is 5.92. The van der Waals surface area contributed by atoms with Crippen molar-refractivity contribution in [2.45, 2.75) is 51.9 Å². The summed E-state index contributed by atoms with van der Waals surface area (Å²) in [6.45, 7) is 7.54. The molecule has 2 rings (SSSR count). The second-order valence-electron chi connectivity index (χ2n) is 7.25. The standard InChI is InChI=1S/C22H28O8/c1-5-12(2)21(26)30-20-18-13(3)22(27)29-17(18)9-15(10-23)7-6-8-16(11-24)19(20)28-14(4)25/h5,8-9,17-20,23-24H,3,6-7,10-11H2,1-2,4H3/b12-5+,15-9-,16-8+/t17-,18+,19+,20+/m1/s1. The average molecular weight is 420 g/mol.